The Hall–Kier alpha value is -1.00. The number of hydrogen-bond acceptors (Lipinski definition) is 3. The summed E-state index contributed by atoms with van der Waals surface area (Å²) in [6.45, 7) is 3.01. The molecule has 2 heterocycles. The molecule has 3 nitrogen and oxygen atoms in total. The Morgan fingerprint density at radius 3 is 2.72 bits per heavy atom. The summed E-state index contributed by atoms with van der Waals surface area (Å²) in [6.07, 6.45) is 3.85. The van der Waals surface area contributed by atoms with E-state index in [4.69, 9.17) is 0 Å². The van der Waals surface area contributed by atoms with Gasteiger partial charge < -0.3 is 0 Å². The molecule has 0 spiro atoms. The number of rotatable bonds is 2. The predicted molar refractivity (Wildman–Crippen MR) is 74.9 cm³/mol. The number of benzene rings is 1. The Labute approximate surface area is 112 Å². The van der Waals surface area contributed by atoms with Gasteiger partial charge in [-0.3, -0.25) is 14.6 Å². The van der Waals surface area contributed by atoms with Crippen molar-refractivity contribution in [2.45, 2.75) is 24.2 Å². The fourth-order valence-electron chi connectivity index (χ4n) is 2.61. The summed E-state index contributed by atoms with van der Waals surface area (Å²) in [7, 11) is 0. The first kappa shape index (κ1) is 12.1. The number of para-hydroxylation sites is 1. The highest BCUT2D eigenvalue weighted by molar-refractivity contribution is 8.00. The van der Waals surface area contributed by atoms with Crippen molar-refractivity contribution in [3.63, 3.8) is 0 Å². The molecule has 1 aromatic rings. The second-order valence-electron chi connectivity index (χ2n) is 4.90. The van der Waals surface area contributed by atoms with E-state index < -0.39 is 0 Å². The Morgan fingerprint density at radius 2 is 1.89 bits per heavy atom. The van der Waals surface area contributed by atoms with Gasteiger partial charge in [-0.25, -0.2) is 0 Å². The van der Waals surface area contributed by atoms with E-state index in [1.165, 1.54) is 24.2 Å². The molecule has 1 aromatic carbocycles. The maximum atomic E-state index is 12.1. The van der Waals surface area contributed by atoms with Crippen LogP contribution in [0, 0.1) is 0 Å². The number of amides is 1. The van der Waals surface area contributed by atoms with Gasteiger partial charge in [0, 0.05) is 4.90 Å². The maximum Gasteiger partial charge on any atom is 0.238 e. The topological polar surface area (TPSA) is 23.6 Å². The summed E-state index contributed by atoms with van der Waals surface area (Å²) < 4.78 is 0. The van der Waals surface area contributed by atoms with Crippen LogP contribution in [0.15, 0.2) is 29.2 Å². The maximum absolute atomic E-state index is 12.1. The predicted octanol–water partition coefficient (Wildman–Crippen LogP) is 2.57. The lowest BCUT2D eigenvalue weighted by Crippen LogP contribution is -2.45. The van der Waals surface area contributed by atoms with Gasteiger partial charge in [-0.05, 0) is 38.1 Å². The Bertz CT molecular complexity index is 443. The third-order valence-corrected chi connectivity index (χ3v) is 4.65. The summed E-state index contributed by atoms with van der Waals surface area (Å²) in [6, 6.07) is 8.22. The van der Waals surface area contributed by atoms with Crippen LogP contribution in [-0.4, -0.2) is 36.3 Å². The number of anilines is 1. The second kappa shape index (κ2) is 5.33. The van der Waals surface area contributed by atoms with Gasteiger partial charge in [0.1, 0.15) is 0 Å². The minimum absolute atomic E-state index is 0.240. The smallest absolute Gasteiger partial charge is 0.238 e. The van der Waals surface area contributed by atoms with E-state index in [-0.39, 0.29) is 5.91 Å². The molecular formula is C14H18N2OS. The van der Waals surface area contributed by atoms with E-state index in [1.54, 1.807) is 11.8 Å². The molecule has 0 N–H and O–H groups in total. The molecule has 0 aromatic heterocycles. The van der Waals surface area contributed by atoms with E-state index in [2.05, 4.69) is 17.0 Å². The molecule has 2 aliphatic heterocycles. The van der Waals surface area contributed by atoms with Crippen molar-refractivity contribution in [1.82, 2.24) is 4.90 Å². The zero-order chi connectivity index (χ0) is 12.4. The lowest BCUT2D eigenvalue weighted by Gasteiger charge is -2.35. The number of piperidine rings is 1. The first-order chi connectivity index (χ1) is 8.84. The van der Waals surface area contributed by atoms with Crippen LogP contribution in [0.4, 0.5) is 5.69 Å². The summed E-state index contributed by atoms with van der Waals surface area (Å²) in [5.41, 5.74) is 1.09. The standard InChI is InChI=1S/C14H18N2OS/c17-14-10-18-13-7-3-2-6-12(13)16(14)11-15-8-4-1-5-9-15/h2-3,6-7H,1,4-5,8-11H2. The molecule has 3 rings (SSSR count). The molecular weight excluding hydrogens is 244 g/mol. The Balaban J connectivity index is 1.79. The third kappa shape index (κ3) is 2.40. The van der Waals surface area contributed by atoms with Gasteiger partial charge >= 0.3 is 0 Å². The highest BCUT2D eigenvalue weighted by atomic mass is 32.2. The van der Waals surface area contributed by atoms with Crippen LogP contribution in [-0.2, 0) is 4.79 Å². The normalized spacial score (nSPS) is 20.9. The van der Waals surface area contributed by atoms with E-state index in [1.807, 2.05) is 17.0 Å². The van der Waals surface area contributed by atoms with E-state index >= 15 is 0 Å². The quantitative estimate of drug-likeness (QED) is 0.818. The third-order valence-electron chi connectivity index (χ3n) is 3.60. The van der Waals surface area contributed by atoms with Crippen LogP contribution in [0.2, 0.25) is 0 Å². The molecule has 0 saturated carbocycles. The number of carbonyl (C=O) groups is 1. The number of nitrogens with zero attached hydrogens (tertiary/aromatic N) is 2. The average molecular weight is 262 g/mol. The van der Waals surface area contributed by atoms with Crippen molar-refractivity contribution >= 4 is 23.4 Å². The molecule has 0 radical (unpaired) electrons. The van der Waals surface area contributed by atoms with Crippen molar-refractivity contribution in [2.24, 2.45) is 0 Å². The zero-order valence-corrected chi connectivity index (χ0v) is 11.3. The number of hydrogen-bond donors (Lipinski definition) is 0. The molecule has 4 heteroatoms. The number of fused-ring (bicyclic) bond motifs is 1. The van der Waals surface area contributed by atoms with Crippen LogP contribution >= 0.6 is 11.8 Å². The van der Waals surface area contributed by atoms with E-state index in [9.17, 15) is 4.79 Å². The zero-order valence-electron chi connectivity index (χ0n) is 10.5. The SMILES string of the molecule is O=C1CSc2ccccc2N1CN1CCCCC1. The largest absolute Gasteiger partial charge is 0.297 e. The molecule has 0 bridgehead atoms. The highest BCUT2D eigenvalue weighted by Crippen LogP contribution is 2.35. The molecule has 18 heavy (non-hydrogen) atoms. The Kier molecular flexibility index (Phi) is 3.57. The average Bonchev–Trinajstić information content (AvgIpc) is 2.43. The van der Waals surface area contributed by atoms with Gasteiger partial charge in [0.2, 0.25) is 5.91 Å². The molecule has 0 unspecified atom stereocenters. The van der Waals surface area contributed by atoms with E-state index in [0.29, 0.717) is 5.75 Å². The van der Waals surface area contributed by atoms with Crippen LogP contribution in [0.1, 0.15) is 19.3 Å². The first-order valence-corrected chi connectivity index (χ1v) is 7.58. The monoisotopic (exact) mass is 262 g/mol. The number of carbonyl (C=O) groups excluding carboxylic acids is 1. The van der Waals surface area contributed by atoms with Gasteiger partial charge in [-0.1, -0.05) is 18.6 Å². The molecule has 1 saturated heterocycles. The molecule has 1 fully saturated rings. The summed E-state index contributed by atoms with van der Waals surface area (Å²) in [5.74, 6) is 0.814. The fourth-order valence-corrected chi connectivity index (χ4v) is 3.55. The molecule has 0 aliphatic carbocycles. The molecule has 2 aliphatic rings. The van der Waals surface area contributed by atoms with Gasteiger partial charge in [-0.2, -0.15) is 0 Å². The highest BCUT2D eigenvalue weighted by Gasteiger charge is 2.26. The van der Waals surface area contributed by atoms with Gasteiger partial charge in [0.25, 0.3) is 0 Å². The van der Waals surface area contributed by atoms with Crippen LogP contribution in [0.3, 0.4) is 0 Å². The minimum atomic E-state index is 0.240. The van der Waals surface area contributed by atoms with E-state index in [0.717, 1.165) is 25.4 Å². The number of likely N-dealkylation sites (tertiary alicyclic amines) is 1. The van der Waals surface area contributed by atoms with Gasteiger partial charge in [-0.15, -0.1) is 11.8 Å². The molecule has 96 valence electrons. The van der Waals surface area contributed by atoms with Crippen LogP contribution in [0.25, 0.3) is 0 Å². The van der Waals surface area contributed by atoms with Crippen molar-refractivity contribution in [2.75, 3.05) is 30.4 Å². The summed E-state index contributed by atoms with van der Waals surface area (Å²) >= 11 is 1.65. The lowest BCUT2D eigenvalue weighted by molar-refractivity contribution is -0.116. The van der Waals surface area contributed by atoms with Crippen LogP contribution < -0.4 is 4.90 Å². The second-order valence-corrected chi connectivity index (χ2v) is 5.92. The van der Waals surface area contributed by atoms with Crippen LogP contribution in [0.5, 0.6) is 0 Å². The minimum Gasteiger partial charge on any atom is -0.297 e. The fraction of sp³-hybridized carbons (Fsp3) is 0.500. The lowest BCUT2D eigenvalue weighted by atomic mass is 10.1. The van der Waals surface area contributed by atoms with Crippen molar-refractivity contribution in [3.8, 4) is 0 Å². The summed E-state index contributed by atoms with van der Waals surface area (Å²) in [5, 5.41) is 0. The molecule has 0 atom stereocenters. The van der Waals surface area contributed by atoms with Gasteiger partial charge in [0.15, 0.2) is 0 Å². The van der Waals surface area contributed by atoms with Crippen molar-refractivity contribution in [3.05, 3.63) is 24.3 Å². The van der Waals surface area contributed by atoms with Crippen molar-refractivity contribution < 1.29 is 4.79 Å². The Morgan fingerprint density at radius 1 is 1.11 bits per heavy atom. The summed E-state index contributed by atoms with van der Waals surface area (Å²) in [4.78, 5) is 17.7. The number of thioether (sulfide) groups is 1. The van der Waals surface area contributed by atoms with Crippen molar-refractivity contribution in [1.29, 1.82) is 0 Å². The van der Waals surface area contributed by atoms with Gasteiger partial charge in [0.05, 0.1) is 18.1 Å². The molecule has 1 amide bonds. The first-order valence-electron chi connectivity index (χ1n) is 6.59.